The van der Waals surface area contributed by atoms with E-state index >= 15 is 0 Å². The van der Waals surface area contributed by atoms with E-state index in [0.29, 0.717) is 11.4 Å². The molecule has 5 nitrogen and oxygen atoms in total. The van der Waals surface area contributed by atoms with Gasteiger partial charge < -0.3 is 9.67 Å². The number of aromatic nitrogens is 5. The van der Waals surface area contributed by atoms with Gasteiger partial charge in [0.05, 0.1) is 16.9 Å². The Balaban J connectivity index is 0.00000342. The molecule has 0 saturated heterocycles. The normalized spacial score (nSPS) is 13.4. The fourth-order valence-electron chi connectivity index (χ4n) is 3.51. The summed E-state index contributed by atoms with van der Waals surface area (Å²) in [5.41, 5.74) is -0.726. The van der Waals surface area contributed by atoms with Crippen LogP contribution in [0.1, 0.15) is 37.9 Å². The van der Waals surface area contributed by atoms with Crippen LogP contribution in [-0.4, -0.2) is 24.7 Å². The maximum atomic E-state index is 14.2. The van der Waals surface area contributed by atoms with Crippen molar-refractivity contribution in [1.29, 1.82) is 0 Å². The minimum atomic E-state index is -4.60. The fraction of sp³-hybridized carbons (Fsp3) is 0.250. The van der Waals surface area contributed by atoms with Gasteiger partial charge in [-0.25, -0.2) is 8.78 Å². The van der Waals surface area contributed by atoms with Gasteiger partial charge in [-0.3, -0.25) is 15.1 Å². The summed E-state index contributed by atoms with van der Waals surface area (Å²) in [4.78, 5) is 12.3. The predicted molar refractivity (Wildman–Crippen MR) is 113 cm³/mol. The van der Waals surface area contributed by atoms with Crippen molar-refractivity contribution < 1.29 is 43.0 Å². The zero-order valence-corrected chi connectivity index (χ0v) is 20.9. The van der Waals surface area contributed by atoms with E-state index in [4.69, 9.17) is 0 Å². The molecule has 0 aromatic carbocycles. The molecule has 11 heteroatoms. The maximum absolute atomic E-state index is 14.2. The summed E-state index contributed by atoms with van der Waals surface area (Å²) in [7, 11) is 0. The molecule has 0 radical (unpaired) electrons. The van der Waals surface area contributed by atoms with Crippen LogP contribution in [0.5, 0.6) is 0 Å². The molecular weight excluding hydrogens is 648 g/mol. The Labute approximate surface area is 212 Å². The number of nitrogens with zero attached hydrogens (tertiary/aromatic N) is 5. The van der Waals surface area contributed by atoms with Gasteiger partial charge in [0.1, 0.15) is 11.9 Å². The van der Waals surface area contributed by atoms with Gasteiger partial charge in [0.25, 0.3) is 0 Å². The number of halogens is 5. The number of hydrogen-bond acceptors (Lipinski definition) is 4. The van der Waals surface area contributed by atoms with E-state index in [-0.39, 0.29) is 44.1 Å². The van der Waals surface area contributed by atoms with Gasteiger partial charge in [-0.2, -0.15) is 13.2 Å². The van der Waals surface area contributed by atoms with Crippen LogP contribution in [0.2, 0.25) is 0 Å². The summed E-state index contributed by atoms with van der Waals surface area (Å²) < 4.78 is 67.3. The van der Waals surface area contributed by atoms with Crippen LogP contribution < -0.4 is 0 Å². The molecule has 4 rings (SSSR count). The first-order valence-corrected chi connectivity index (χ1v) is 10.2. The zero-order chi connectivity index (χ0) is 24.7. The molecule has 0 N–H and O–H groups in total. The van der Waals surface area contributed by atoms with Crippen molar-refractivity contribution in [3.63, 3.8) is 0 Å². The molecule has 0 amide bonds. The molecular formula is C24H18F5N5Pt. The number of rotatable bonds is 5. The van der Waals surface area contributed by atoms with Crippen molar-refractivity contribution in [2.24, 2.45) is 5.92 Å². The van der Waals surface area contributed by atoms with Crippen LogP contribution in [0, 0.1) is 30.1 Å². The molecule has 1 atom stereocenters. The minimum Gasteiger partial charge on any atom is -0.343 e. The first-order valence-electron chi connectivity index (χ1n) is 10.2. The van der Waals surface area contributed by atoms with Crippen LogP contribution in [0.4, 0.5) is 22.0 Å². The standard InChI is InChI=1S/C24H18F5N5.Pt/c1-14(2)23(3,17-7-4-6-16(30-17)15-10-11-20(25)32-22(15)26)18-8-5-9-21(31-18)34-13-12-19(33-34)24(27,28)29;/h4-9,11-12,14H,1-3H3;/q-2;+2. The Hall–Kier alpha value is -3.00. The summed E-state index contributed by atoms with van der Waals surface area (Å²) in [6, 6.07) is 14.1. The average molecular weight is 667 g/mol. The quantitative estimate of drug-likeness (QED) is 0.159. The summed E-state index contributed by atoms with van der Waals surface area (Å²) in [6.07, 6.45) is -2.16. The molecule has 4 aromatic heterocycles. The van der Waals surface area contributed by atoms with E-state index in [1.54, 1.807) is 30.3 Å². The van der Waals surface area contributed by atoms with Gasteiger partial charge in [-0.1, -0.05) is 55.9 Å². The van der Waals surface area contributed by atoms with Gasteiger partial charge in [0.15, 0.2) is 0 Å². The van der Waals surface area contributed by atoms with Gasteiger partial charge in [-0.05, 0) is 30.7 Å². The van der Waals surface area contributed by atoms with Crippen molar-refractivity contribution in [2.45, 2.75) is 32.4 Å². The van der Waals surface area contributed by atoms with Gasteiger partial charge in [-0.15, -0.1) is 12.1 Å². The van der Waals surface area contributed by atoms with Gasteiger partial charge >= 0.3 is 27.2 Å². The molecule has 0 aliphatic rings. The first kappa shape index (κ1) is 26.6. The second-order valence-corrected chi connectivity index (χ2v) is 8.10. The van der Waals surface area contributed by atoms with Crippen LogP contribution in [-0.2, 0) is 32.7 Å². The Kier molecular flexibility index (Phi) is 7.55. The Morgan fingerprint density at radius 1 is 0.886 bits per heavy atom. The first-order chi connectivity index (χ1) is 16.0. The number of pyridine rings is 3. The van der Waals surface area contributed by atoms with Gasteiger partial charge in [0, 0.05) is 11.4 Å². The molecule has 0 fully saturated rings. The number of alkyl halides is 3. The van der Waals surface area contributed by atoms with E-state index in [9.17, 15) is 22.0 Å². The molecule has 4 aromatic rings. The SMILES string of the molecule is CC(C)C(C)(c1cccc(-c2[c-]cc(F)nc2F)n1)c1cccc(-n2[c-]cc(C(F)(F)F)n2)n1.[Pt+2]. The molecule has 35 heavy (non-hydrogen) atoms. The molecule has 0 aliphatic carbocycles. The van der Waals surface area contributed by atoms with Crippen LogP contribution in [0.3, 0.4) is 0 Å². The van der Waals surface area contributed by atoms with Gasteiger partial charge in [0.2, 0.25) is 0 Å². The van der Waals surface area contributed by atoms with E-state index in [1.807, 2.05) is 20.8 Å². The van der Waals surface area contributed by atoms with Crippen LogP contribution in [0.15, 0.2) is 48.5 Å². The predicted octanol–water partition coefficient (Wildman–Crippen LogP) is 5.58. The van der Waals surface area contributed by atoms with E-state index in [2.05, 4.69) is 32.3 Å². The third-order valence-electron chi connectivity index (χ3n) is 5.74. The van der Waals surface area contributed by atoms with E-state index in [0.717, 1.165) is 16.8 Å². The summed E-state index contributed by atoms with van der Waals surface area (Å²) >= 11 is 0. The Bertz CT molecular complexity index is 1340. The van der Waals surface area contributed by atoms with Crippen molar-refractivity contribution in [3.05, 3.63) is 89.8 Å². The second-order valence-electron chi connectivity index (χ2n) is 8.10. The van der Waals surface area contributed by atoms with Crippen molar-refractivity contribution in [3.8, 4) is 17.1 Å². The van der Waals surface area contributed by atoms with Crippen LogP contribution >= 0.6 is 0 Å². The average Bonchev–Trinajstić information content (AvgIpc) is 3.30. The third kappa shape index (κ3) is 5.17. The van der Waals surface area contributed by atoms with Crippen molar-refractivity contribution >= 4 is 0 Å². The smallest absolute Gasteiger partial charge is 0.343 e. The zero-order valence-electron chi connectivity index (χ0n) is 18.6. The van der Waals surface area contributed by atoms with E-state index < -0.39 is 29.2 Å². The summed E-state index contributed by atoms with van der Waals surface area (Å²) in [5.74, 6) is -1.95. The molecule has 1 unspecified atom stereocenters. The van der Waals surface area contributed by atoms with Crippen molar-refractivity contribution in [1.82, 2.24) is 24.7 Å². The fourth-order valence-corrected chi connectivity index (χ4v) is 3.51. The monoisotopic (exact) mass is 666 g/mol. The third-order valence-corrected chi connectivity index (χ3v) is 5.74. The summed E-state index contributed by atoms with van der Waals surface area (Å²) in [6.45, 7) is 5.76. The second kappa shape index (κ2) is 9.93. The summed E-state index contributed by atoms with van der Waals surface area (Å²) in [5, 5.41) is 3.54. The largest absolute Gasteiger partial charge is 2.00 e. The molecule has 0 aliphatic heterocycles. The Morgan fingerprint density at radius 3 is 2.14 bits per heavy atom. The Morgan fingerprint density at radius 2 is 1.54 bits per heavy atom. The van der Waals surface area contributed by atoms with E-state index in [1.165, 1.54) is 6.07 Å². The minimum absolute atomic E-state index is 0. The molecule has 0 saturated carbocycles. The topological polar surface area (TPSA) is 56.5 Å². The molecule has 0 bridgehead atoms. The molecule has 184 valence electrons. The van der Waals surface area contributed by atoms with Crippen LogP contribution in [0.25, 0.3) is 17.1 Å². The molecule has 0 spiro atoms. The maximum Gasteiger partial charge on any atom is 2.00 e. The number of hydrogen-bond donors (Lipinski definition) is 0. The molecule has 4 heterocycles. The van der Waals surface area contributed by atoms with Crippen molar-refractivity contribution in [2.75, 3.05) is 0 Å².